The van der Waals surface area contributed by atoms with Crippen LogP contribution in [0.3, 0.4) is 0 Å². The summed E-state index contributed by atoms with van der Waals surface area (Å²) in [5.41, 5.74) is 3.04. The van der Waals surface area contributed by atoms with Gasteiger partial charge in [0.15, 0.2) is 0 Å². The summed E-state index contributed by atoms with van der Waals surface area (Å²) in [5, 5.41) is 13.6. The molecule has 1 atom stereocenters. The van der Waals surface area contributed by atoms with E-state index in [9.17, 15) is 4.79 Å². The molecule has 0 aliphatic heterocycles. The molecule has 0 saturated carbocycles. The van der Waals surface area contributed by atoms with Gasteiger partial charge in [0.1, 0.15) is 5.03 Å². The minimum Gasteiger partial charge on any atom is -0.325 e. The second-order valence-corrected chi connectivity index (χ2v) is 5.74. The number of carbonyl (C=O) groups excluding carboxylic acids is 1. The van der Waals surface area contributed by atoms with E-state index in [0.717, 1.165) is 16.8 Å². The highest BCUT2D eigenvalue weighted by Gasteiger charge is 2.16. The summed E-state index contributed by atoms with van der Waals surface area (Å²) >= 11 is 1.37. The first-order valence-corrected chi connectivity index (χ1v) is 6.85. The van der Waals surface area contributed by atoms with Crippen molar-refractivity contribution in [3.8, 4) is 0 Å². The molecule has 0 unspecified atom stereocenters. The number of rotatable bonds is 4. The van der Waals surface area contributed by atoms with Crippen LogP contribution in [0.2, 0.25) is 0 Å². The molecule has 19 heavy (non-hydrogen) atoms. The van der Waals surface area contributed by atoms with E-state index in [1.165, 1.54) is 11.8 Å². The Morgan fingerprint density at radius 3 is 2.89 bits per heavy atom. The summed E-state index contributed by atoms with van der Waals surface area (Å²) in [4.78, 5) is 12.1. The van der Waals surface area contributed by atoms with Crippen LogP contribution in [0.15, 0.2) is 29.4 Å². The number of aromatic amines is 1. The van der Waals surface area contributed by atoms with E-state index in [0.29, 0.717) is 5.03 Å². The molecule has 2 aromatic rings. The lowest BCUT2D eigenvalue weighted by Crippen LogP contribution is -2.22. The Bertz CT molecular complexity index is 568. The van der Waals surface area contributed by atoms with Crippen molar-refractivity contribution in [1.29, 1.82) is 0 Å². The number of aryl methyl sites for hydroxylation is 2. The summed E-state index contributed by atoms with van der Waals surface area (Å²) in [6, 6.07) is 6.00. The van der Waals surface area contributed by atoms with Crippen molar-refractivity contribution in [2.24, 2.45) is 0 Å². The molecule has 1 heterocycles. The first kappa shape index (κ1) is 13.6. The highest BCUT2D eigenvalue weighted by molar-refractivity contribution is 8.00. The van der Waals surface area contributed by atoms with Gasteiger partial charge in [-0.2, -0.15) is 10.3 Å². The number of carbonyl (C=O) groups is 1. The minimum absolute atomic E-state index is 0.0401. The summed E-state index contributed by atoms with van der Waals surface area (Å²) in [7, 11) is 0. The lowest BCUT2D eigenvalue weighted by atomic mass is 10.1. The lowest BCUT2D eigenvalue weighted by Gasteiger charge is -2.13. The van der Waals surface area contributed by atoms with Gasteiger partial charge in [-0.1, -0.05) is 23.9 Å². The summed E-state index contributed by atoms with van der Waals surface area (Å²) in [6.45, 7) is 5.83. The third-order valence-corrected chi connectivity index (χ3v) is 3.72. The number of aromatic nitrogens is 3. The van der Waals surface area contributed by atoms with Crippen LogP contribution in [0.25, 0.3) is 0 Å². The number of amides is 1. The van der Waals surface area contributed by atoms with Gasteiger partial charge in [0.05, 0.1) is 11.4 Å². The highest BCUT2D eigenvalue weighted by Crippen LogP contribution is 2.22. The standard InChI is InChI=1S/C13H16N4OS/c1-8-4-5-9(2)11(6-8)15-13(18)10(3)19-12-7-14-17-16-12/h4-7,10H,1-3H3,(H,15,18)(H,14,16,17)/t10-/m0/s1. The Kier molecular flexibility index (Phi) is 4.21. The number of hydrogen-bond acceptors (Lipinski definition) is 4. The molecule has 1 aromatic carbocycles. The zero-order valence-electron chi connectivity index (χ0n) is 11.1. The Morgan fingerprint density at radius 1 is 1.42 bits per heavy atom. The van der Waals surface area contributed by atoms with Crippen molar-refractivity contribution < 1.29 is 4.79 Å². The Labute approximate surface area is 116 Å². The fourth-order valence-electron chi connectivity index (χ4n) is 1.59. The van der Waals surface area contributed by atoms with E-state index in [-0.39, 0.29) is 11.2 Å². The molecule has 0 radical (unpaired) electrons. The van der Waals surface area contributed by atoms with Gasteiger partial charge >= 0.3 is 0 Å². The fourth-order valence-corrected chi connectivity index (χ4v) is 2.32. The second kappa shape index (κ2) is 5.88. The first-order chi connectivity index (χ1) is 9.06. The molecule has 6 heteroatoms. The van der Waals surface area contributed by atoms with Gasteiger partial charge in [0.2, 0.25) is 5.91 Å². The quantitative estimate of drug-likeness (QED) is 0.842. The highest BCUT2D eigenvalue weighted by atomic mass is 32.2. The van der Waals surface area contributed by atoms with E-state index in [1.54, 1.807) is 6.20 Å². The van der Waals surface area contributed by atoms with Crippen LogP contribution in [-0.2, 0) is 4.79 Å². The molecule has 0 bridgehead atoms. The summed E-state index contributed by atoms with van der Waals surface area (Å²) < 4.78 is 0. The predicted molar refractivity (Wildman–Crippen MR) is 76.2 cm³/mol. The molecule has 2 rings (SSSR count). The maximum atomic E-state index is 12.1. The molecular weight excluding hydrogens is 260 g/mol. The fraction of sp³-hybridized carbons (Fsp3) is 0.308. The topological polar surface area (TPSA) is 70.7 Å². The number of thioether (sulfide) groups is 1. The zero-order chi connectivity index (χ0) is 13.8. The monoisotopic (exact) mass is 276 g/mol. The summed E-state index contributed by atoms with van der Waals surface area (Å²) in [6.07, 6.45) is 1.60. The smallest absolute Gasteiger partial charge is 0.237 e. The van der Waals surface area contributed by atoms with Crippen LogP contribution >= 0.6 is 11.8 Å². The van der Waals surface area contributed by atoms with E-state index in [4.69, 9.17) is 0 Å². The van der Waals surface area contributed by atoms with Crippen LogP contribution in [-0.4, -0.2) is 26.6 Å². The SMILES string of the molecule is Cc1ccc(C)c(NC(=O)[C@H](C)Sc2cn[nH]n2)c1. The molecule has 2 N–H and O–H groups in total. The first-order valence-electron chi connectivity index (χ1n) is 5.97. The molecule has 1 aromatic heterocycles. The van der Waals surface area contributed by atoms with Crippen LogP contribution in [0, 0.1) is 13.8 Å². The van der Waals surface area contributed by atoms with Crippen molar-refractivity contribution in [3.05, 3.63) is 35.5 Å². The van der Waals surface area contributed by atoms with Crippen molar-refractivity contribution >= 4 is 23.4 Å². The summed E-state index contributed by atoms with van der Waals surface area (Å²) in [5.74, 6) is -0.0401. The number of nitrogens with one attached hydrogen (secondary N) is 2. The molecule has 0 fully saturated rings. The van der Waals surface area contributed by atoms with Gasteiger partial charge in [0, 0.05) is 5.69 Å². The normalized spacial score (nSPS) is 12.2. The number of nitrogens with zero attached hydrogens (tertiary/aromatic N) is 2. The molecule has 0 saturated heterocycles. The van der Waals surface area contributed by atoms with Gasteiger partial charge < -0.3 is 5.32 Å². The Morgan fingerprint density at radius 2 is 2.21 bits per heavy atom. The molecule has 0 aliphatic rings. The third-order valence-electron chi connectivity index (χ3n) is 2.71. The van der Waals surface area contributed by atoms with Crippen molar-refractivity contribution in [2.45, 2.75) is 31.0 Å². The molecule has 1 amide bonds. The van der Waals surface area contributed by atoms with Gasteiger partial charge in [-0.05, 0) is 38.0 Å². The van der Waals surface area contributed by atoms with E-state index in [1.807, 2.05) is 39.0 Å². The number of hydrogen-bond donors (Lipinski definition) is 2. The van der Waals surface area contributed by atoms with Crippen LogP contribution in [0.1, 0.15) is 18.1 Å². The number of benzene rings is 1. The minimum atomic E-state index is -0.231. The van der Waals surface area contributed by atoms with Gasteiger partial charge in [0.25, 0.3) is 0 Å². The van der Waals surface area contributed by atoms with Crippen LogP contribution in [0.4, 0.5) is 5.69 Å². The lowest BCUT2D eigenvalue weighted by molar-refractivity contribution is -0.115. The van der Waals surface area contributed by atoms with Crippen molar-refractivity contribution in [3.63, 3.8) is 0 Å². The number of anilines is 1. The molecule has 5 nitrogen and oxygen atoms in total. The van der Waals surface area contributed by atoms with E-state index >= 15 is 0 Å². The van der Waals surface area contributed by atoms with Gasteiger partial charge in [-0.3, -0.25) is 4.79 Å². The largest absolute Gasteiger partial charge is 0.325 e. The van der Waals surface area contributed by atoms with Crippen molar-refractivity contribution in [1.82, 2.24) is 15.4 Å². The molecule has 100 valence electrons. The van der Waals surface area contributed by atoms with E-state index in [2.05, 4.69) is 20.7 Å². The molecule has 0 aliphatic carbocycles. The average molecular weight is 276 g/mol. The van der Waals surface area contributed by atoms with Crippen LogP contribution in [0.5, 0.6) is 0 Å². The predicted octanol–water partition coefficient (Wildman–Crippen LogP) is 2.54. The molecule has 0 spiro atoms. The van der Waals surface area contributed by atoms with Gasteiger partial charge in [-0.25, -0.2) is 0 Å². The zero-order valence-corrected chi connectivity index (χ0v) is 11.9. The average Bonchev–Trinajstić information content (AvgIpc) is 2.86. The van der Waals surface area contributed by atoms with E-state index < -0.39 is 0 Å². The van der Waals surface area contributed by atoms with Crippen LogP contribution < -0.4 is 5.32 Å². The second-order valence-electron chi connectivity index (χ2n) is 4.38. The van der Waals surface area contributed by atoms with Crippen molar-refractivity contribution in [2.75, 3.05) is 5.32 Å². The maximum Gasteiger partial charge on any atom is 0.237 e. The maximum absolute atomic E-state index is 12.1. The third kappa shape index (κ3) is 3.57. The molecular formula is C13H16N4OS. The Hall–Kier alpha value is -1.82. The number of H-pyrrole nitrogens is 1. The Balaban J connectivity index is 2.02. The van der Waals surface area contributed by atoms with Gasteiger partial charge in [-0.15, -0.1) is 5.10 Å².